The van der Waals surface area contributed by atoms with Crippen molar-refractivity contribution in [2.75, 3.05) is 11.3 Å². The topological polar surface area (TPSA) is 105 Å². The molecule has 0 atom stereocenters. The summed E-state index contributed by atoms with van der Waals surface area (Å²) in [5.74, 6) is 0.588. The molecular weight excluding hydrogens is 254 g/mol. The molecule has 1 heterocycles. The van der Waals surface area contributed by atoms with Crippen LogP contribution in [0.25, 0.3) is 5.76 Å². The summed E-state index contributed by atoms with van der Waals surface area (Å²) in [7, 11) is -3.91. The minimum atomic E-state index is -3.91. The molecular formula is C11H11N3O3S. The molecule has 0 aliphatic carbocycles. The van der Waals surface area contributed by atoms with Gasteiger partial charge in [-0.3, -0.25) is 4.72 Å². The first-order valence-electron chi connectivity index (χ1n) is 5.18. The number of nitrogens with one attached hydrogen (secondary N) is 1. The number of nitriles is 1. The molecule has 0 fully saturated rings. The van der Waals surface area contributed by atoms with Crippen molar-refractivity contribution in [3.8, 4) is 6.07 Å². The summed E-state index contributed by atoms with van der Waals surface area (Å²) in [6.45, 7) is 0.563. The lowest BCUT2D eigenvalue weighted by Gasteiger charge is -2.10. The van der Waals surface area contributed by atoms with Crippen LogP contribution >= 0.6 is 0 Å². The van der Waals surface area contributed by atoms with Crippen molar-refractivity contribution < 1.29 is 13.2 Å². The van der Waals surface area contributed by atoms with E-state index in [1.165, 1.54) is 6.07 Å². The minimum absolute atomic E-state index is 0.147. The zero-order valence-electron chi connectivity index (χ0n) is 9.38. The van der Waals surface area contributed by atoms with Gasteiger partial charge in [0.05, 0.1) is 17.9 Å². The Morgan fingerprint density at radius 1 is 1.44 bits per heavy atom. The number of nitrogens with two attached hydrogens (primary N) is 1. The van der Waals surface area contributed by atoms with Crippen LogP contribution < -0.4 is 9.86 Å². The maximum absolute atomic E-state index is 11.0. The molecule has 0 unspecified atom stereocenters. The fourth-order valence-corrected chi connectivity index (χ4v) is 2.20. The molecule has 7 heteroatoms. The lowest BCUT2D eigenvalue weighted by atomic mass is 10.0. The van der Waals surface area contributed by atoms with Crippen LogP contribution in [0.4, 0.5) is 5.69 Å². The highest BCUT2D eigenvalue weighted by Crippen LogP contribution is 2.29. The fraction of sp³-hybridized carbons (Fsp3) is 0.182. The Labute approximate surface area is 105 Å². The van der Waals surface area contributed by atoms with Crippen LogP contribution in [-0.2, 0) is 14.9 Å². The lowest BCUT2D eigenvalue weighted by molar-refractivity contribution is 0.307. The Bertz CT molecular complexity index is 644. The van der Waals surface area contributed by atoms with Gasteiger partial charge in [-0.2, -0.15) is 13.7 Å². The van der Waals surface area contributed by atoms with Crippen LogP contribution in [0.5, 0.6) is 0 Å². The van der Waals surface area contributed by atoms with Crippen molar-refractivity contribution >= 4 is 21.7 Å². The predicted octanol–water partition coefficient (Wildman–Crippen LogP) is 0.935. The molecule has 6 nitrogen and oxygen atoms in total. The molecule has 0 saturated heterocycles. The van der Waals surface area contributed by atoms with Gasteiger partial charge < -0.3 is 4.74 Å². The third-order valence-corrected chi connectivity index (χ3v) is 2.90. The van der Waals surface area contributed by atoms with Gasteiger partial charge in [-0.1, -0.05) is 6.07 Å². The van der Waals surface area contributed by atoms with Crippen molar-refractivity contribution in [2.45, 2.75) is 6.42 Å². The highest BCUT2D eigenvalue weighted by molar-refractivity contribution is 7.90. The molecule has 1 aromatic carbocycles. The van der Waals surface area contributed by atoms with Crippen molar-refractivity contribution in [3.05, 3.63) is 35.4 Å². The Hall–Kier alpha value is -2.04. The number of benzene rings is 1. The average molecular weight is 265 g/mol. The summed E-state index contributed by atoms with van der Waals surface area (Å²) >= 11 is 0. The fourth-order valence-electron chi connectivity index (χ4n) is 1.72. The van der Waals surface area contributed by atoms with Crippen molar-refractivity contribution in [2.24, 2.45) is 5.14 Å². The van der Waals surface area contributed by atoms with Gasteiger partial charge in [0, 0.05) is 12.0 Å². The lowest BCUT2D eigenvalue weighted by Crippen LogP contribution is -2.22. The average Bonchev–Trinajstić information content (AvgIpc) is 2.79. The summed E-state index contributed by atoms with van der Waals surface area (Å²) < 4.78 is 29.5. The molecule has 1 aromatic rings. The van der Waals surface area contributed by atoms with E-state index in [1.807, 2.05) is 12.1 Å². The molecule has 3 N–H and O–H groups in total. The molecule has 0 radical (unpaired) electrons. The number of anilines is 1. The van der Waals surface area contributed by atoms with Crippen molar-refractivity contribution in [1.29, 1.82) is 5.26 Å². The Balaban J connectivity index is 2.50. The second-order valence-corrected chi connectivity index (χ2v) is 4.99. The quantitative estimate of drug-likeness (QED) is 0.848. The second kappa shape index (κ2) is 4.68. The maximum Gasteiger partial charge on any atom is 0.296 e. The molecule has 18 heavy (non-hydrogen) atoms. The van der Waals surface area contributed by atoms with Gasteiger partial charge in [-0.15, -0.1) is 0 Å². The zero-order valence-corrected chi connectivity index (χ0v) is 10.2. The SMILES string of the molecule is N#Cc1c(NS(N)(=O)=O)cccc1C1=CCCO1. The molecule has 0 saturated carbocycles. The second-order valence-electron chi connectivity index (χ2n) is 3.69. The molecule has 94 valence electrons. The van der Waals surface area contributed by atoms with Gasteiger partial charge >= 0.3 is 0 Å². The number of nitrogens with zero attached hydrogens (tertiary/aromatic N) is 1. The van der Waals surface area contributed by atoms with Crippen LogP contribution in [0.1, 0.15) is 17.5 Å². The molecule has 0 spiro atoms. The predicted molar refractivity (Wildman–Crippen MR) is 66.4 cm³/mol. The van der Waals surface area contributed by atoms with Gasteiger partial charge in [0.25, 0.3) is 10.2 Å². The first-order chi connectivity index (χ1) is 8.51. The van der Waals surface area contributed by atoms with Crippen LogP contribution in [0.3, 0.4) is 0 Å². The molecule has 0 amide bonds. The van der Waals surface area contributed by atoms with E-state index >= 15 is 0 Å². The van der Waals surface area contributed by atoms with Gasteiger partial charge in [-0.25, -0.2) is 5.14 Å². The molecule has 1 aliphatic rings. The van der Waals surface area contributed by atoms with Crippen LogP contribution in [0, 0.1) is 11.3 Å². The standard InChI is InChI=1S/C11H11N3O3S/c12-7-9-8(11-5-2-6-17-11)3-1-4-10(9)14-18(13,15)16/h1,3-5,14H,2,6H2,(H2,13,15,16). The minimum Gasteiger partial charge on any atom is -0.493 e. The van der Waals surface area contributed by atoms with Crippen LogP contribution in [0.2, 0.25) is 0 Å². The summed E-state index contributed by atoms with van der Waals surface area (Å²) in [5.41, 5.74) is 0.900. The van der Waals surface area contributed by atoms with E-state index in [-0.39, 0.29) is 11.3 Å². The Morgan fingerprint density at radius 2 is 2.22 bits per heavy atom. The highest BCUT2D eigenvalue weighted by atomic mass is 32.2. The van der Waals surface area contributed by atoms with Crippen LogP contribution in [-0.4, -0.2) is 15.0 Å². The number of hydrogen-bond donors (Lipinski definition) is 2. The van der Waals surface area contributed by atoms with E-state index < -0.39 is 10.2 Å². The number of rotatable bonds is 3. The van der Waals surface area contributed by atoms with E-state index in [4.69, 9.17) is 15.1 Å². The van der Waals surface area contributed by atoms with E-state index in [0.717, 1.165) is 6.42 Å². The first-order valence-corrected chi connectivity index (χ1v) is 6.73. The zero-order chi connectivity index (χ0) is 13.2. The normalized spacial score (nSPS) is 14.6. The third kappa shape index (κ3) is 2.61. The third-order valence-electron chi connectivity index (χ3n) is 2.40. The smallest absolute Gasteiger partial charge is 0.296 e. The molecule has 2 rings (SSSR count). The summed E-state index contributed by atoms with van der Waals surface area (Å²) in [4.78, 5) is 0. The van der Waals surface area contributed by atoms with E-state index in [9.17, 15) is 8.42 Å². The highest BCUT2D eigenvalue weighted by Gasteiger charge is 2.17. The van der Waals surface area contributed by atoms with Gasteiger partial charge in [-0.05, 0) is 18.2 Å². The monoisotopic (exact) mass is 265 g/mol. The van der Waals surface area contributed by atoms with E-state index in [2.05, 4.69) is 4.72 Å². The summed E-state index contributed by atoms with van der Waals surface area (Å²) in [6.07, 6.45) is 2.63. The van der Waals surface area contributed by atoms with Gasteiger partial charge in [0.15, 0.2) is 0 Å². The first kappa shape index (κ1) is 12.4. The van der Waals surface area contributed by atoms with Crippen LogP contribution in [0.15, 0.2) is 24.3 Å². The largest absolute Gasteiger partial charge is 0.493 e. The van der Waals surface area contributed by atoms with Crippen molar-refractivity contribution in [3.63, 3.8) is 0 Å². The van der Waals surface area contributed by atoms with Gasteiger partial charge in [0.2, 0.25) is 0 Å². The number of hydrogen-bond acceptors (Lipinski definition) is 4. The summed E-state index contributed by atoms with van der Waals surface area (Å²) in [5, 5.41) is 14.0. The Kier molecular flexibility index (Phi) is 3.23. The van der Waals surface area contributed by atoms with Gasteiger partial charge in [0.1, 0.15) is 11.8 Å². The molecule has 0 aromatic heterocycles. The maximum atomic E-state index is 11.0. The Morgan fingerprint density at radius 3 is 2.78 bits per heavy atom. The molecule has 0 bridgehead atoms. The van der Waals surface area contributed by atoms with Crippen molar-refractivity contribution in [1.82, 2.24) is 0 Å². The van der Waals surface area contributed by atoms with E-state index in [1.54, 1.807) is 12.1 Å². The summed E-state index contributed by atoms with van der Waals surface area (Å²) in [6, 6.07) is 6.76. The number of ether oxygens (including phenoxy) is 1. The molecule has 1 aliphatic heterocycles. The van der Waals surface area contributed by atoms with E-state index in [0.29, 0.717) is 17.9 Å².